The molecule has 1 aromatic carbocycles. The molecule has 0 fully saturated rings. The summed E-state index contributed by atoms with van der Waals surface area (Å²) >= 11 is 0. The highest BCUT2D eigenvalue weighted by atomic mass is 19.4. The molecule has 11 heteroatoms. The molecule has 0 amide bonds. The fourth-order valence-corrected chi connectivity index (χ4v) is 2.99. The number of aliphatic hydroxyl groups is 1. The van der Waals surface area contributed by atoms with E-state index >= 15 is 0 Å². The SMILES string of the molecule is Nc1ncc(-c2cnc3c(NCCCO)nc4cc(C(F)(F)F)ccc4n23)cn1. The van der Waals surface area contributed by atoms with E-state index in [1.54, 1.807) is 10.6 Å². The molecule has 29 heavy (non-hydrogen) atoms. The van der Waals surface area contributed by atoms with Gasteiger partial charge in [0, 0.05) is 31.1 Å². The fraction of sp³-hybridized carbons (Fsp3) is 0.222. The molecule has 0 unspecified atom stereocenters. The Kier molecular flexibility index (Phi) is 4.66. The molecule has 0 aliphatic heterocycles. The maximum absolute atomic E-state index is 13.2. The predicted octanol–water partition coefficient (Wildman–Crippen LogP) is 2.73. The first-order chi connectivity index (χ1) is 13.9. The summed E-state index contributed by atoms with van der Waals surface area (Å²) in [5.74, 6) is 0.420. The molecule has 3 aromatic heterocycles. The fourth-order valence-electron chi connectivity index (χ4n) is 2.99. The first-order valence-corrected chi connectivity index (χ1v) is 8.69. The third kappa shape index (κ3) is 3.51. The molecule has 0 radical (unpaired) electrons. The second kappa shape index (κ2) is 7.17. The highest BCUT2D eigenvalue weighted by molar-refractivity contribution is 5.86. The molecule has 4 rings (SSSR count). The summed E-state index contributed by atoms with van der Waals surface area (Å²) in [5.41, 5.74) is 6.95. The van der Waals surface area contributed by atoms with Gasteiger partial charge in [-0.3, -0.25) is 4.40 Å². The predicted molar refractivity (Wildman–Crippen MR) is 101 cm³/mol. The Balaban J connectivity index is 1.97. The van der Waals surface area contributed by atoms with Crippen LogP contribution in [-0.4, -0.2) is 42.6 Å². The molecule has 0 aliphatic carbocycles. The number of fused-ring (bicyclic) bond motifs is 3. The van der Waals surface area contributed by atoms with E-state index in [2.05, 4.69) is 25.3 Å². The van der Waals surface area contributed by atoms with Crippen LogP contribution in [0.15, 0.2) is 36.8 Å². The van der Waals surface area contributed by atoms with Gasteiger partial charge in [-0.25, -0.2) is 19.9 Å². The van der Waals surface area contributed by atoms with Crippen LogP contribution in [0.2, 0.25) is 0 Å². The molecule has 8 nitrogen and oxygen atoms in total. The number of nitrogens with two attached hydrogens (primary N) is 1. The number of alkyl halides is 3. The van der Waals surface area contributed by atoms with Crippen molar-refractivity contribution in [3.05, 3.63) is 42.4 Å². The van der Waals surface area contributed by atoms with Crippen LogP contribution in [0, 0.1) is 0 Å². The van der Waals surface area contributed by atoms with Crippen molar-refractivity contribution >= 4 is 28.4 Å². The van der Waals surface area contributed by atoms with Gasteiger partial charge in [0.15, 0.2) is 11.5 Å². The summed E-state index contributed by atoms with van der Waals surface area (Å²) in [6.45, 7) is 0.356. The molecule has 0 atom stereocenters. The van der Waals surface area contributed by atoms with Crippen LogP contribution in [0.3, 0.4) is 0 Å². The minimum atomic E-state index is -4.49. The van der Waals surface area contributed by atoms with Crippen LogP contribution in [0.5, 0.6) is 0 Å². The number of hydrogen-bond donors (Lipinski definition) is 3. The number of aliphatic hydroxyl groups excluding tert-OH is 1. The van der Waals surface area contributed by atoms with Crippen LogP contribution >= 0.6 is 0 Å². The van der Waals surface area contributed by atoms with E-state index in [0.29, 0.717) is 41.2 Å². The Morgan fingerprint density at radius 2 is 1.86 bits per heavy atom. The zero-order valence-corrected chi connectivity index (χ0v) is 15.0. The average Bonchev–Trinajstić information content (AvgIpc) is 3.13. The lowest BCUT2D eigenvalue weighted by atomic mass is 10.1. The standard InChI is InChI=1S/C18H16F3N7O/c19-18(20,21)11-2-3-13-12(6-11)27-15(23-4-1-5-29)16-24-9-14(28(13)16)10-7-25-17(22)26-8-10/h2-3,6-9,29H,1,4-5H2,(H,23,27)(H2,22,25,26). The summed E-state index contributed by atoms with van der Waals surface area (Å²) in [7, 11) is 0. The monoisotopic (exact) mass is 403 g/mol. The van der Waals surface area contributed by atoms with Crippen molar-refractivity contribution in [3.63, 3.8) is 0 Å². The van der Waals surface area contributed by atoms with Gasteiger partial charge in [-0.2, -0.15) is 13.2 Å². The van der Waals surface area contributed by atoms with Gasteiger partial charge >= 0.3 is 6.18 Å². The lowest BCUT2D eigenvalue weighted by molar-refractivity contribution is -0.137. The molecule has 0 saturated heterocycles. The van der Waals surface area contributed by atoms with Crippen molar-refractivity contribution in [3.8, 4) is 11.3 Å². The molecule has 0 saturated carbocycles. The molecular formula is C18H16F3N7O. The number of nitrogens with one attached hydrogen (secondary N) is 1. The summed E-state index contributed by atoms with van der Waals surface area (Å²) in [6.07, 6.45) is 0.563. The van der Waals surface area contributed by atoms with Crippen LogP contribution < -0.4 is 11.1 Å². The second-order valence-electron chi connectivity index (χ2n) is 6.30. The number of aromatic nitrogens is 5. The Bertz CT molecular complexity index is 1170. The van der Waals surface area contributed by atoms with Gasteiger partial charge in [0.05, 0.1) is 28.5 Å². The van der Waals surface area contributed by atoms with E-state index in [-0.39, 0.29) is 18.1 Å². The lowest BCUT2D eigenvalue weighted by Crippen LogP contribution is -2.09. The van der Waals surface area contributed by atoms with Gasteiger partial charge in [-0.1, -0.05) is 0 Å². The van der Waals surface area contributed by atoms with Crippen LogP contribution in [0.4, 0.5) is 24.9 Å². The van der Waals surface area contributed by atoms with E-state index in [4.69, 9.17) is 10.8 Å². The quantitative estimate of drug-likeness (QED) is 0.439. The minimum Gasteiger partial charge on any atom is -0.396 e. The zero-order valence-electron chi connectivity index (χ0n) is 15.0. The molecule has 0 aliphatic rings. The van der Waals surface area contributed by atoms with E-state index in [0.717, 1.165) is 12.1 Å². The van der Waals surface area contributed by atoms with Crippen molar-refractivity contribution in [2.75, 3.05) is 24.2 Å². The van der Waals surface area contributed by atoms with Gasteiger partial charge < -0.3 is 16.2 Å². The number of anilines is 2. The highest BCUT2D eigenvalue weighted by Crippen LogP contribution is 2.33. The number of nitrogen functional groups attached to an aromatic ring is 1. The van der Waals surface area contributed by atoms with E-state index in [1.807, 2.05) is 0 Å². The number of benzene rings is 1. The third-order valence-electron chi connectivity index (χ3n) is 4.34. The lowest BCUT2D eigenvalue weighted by Gasteiger charge is -2.13. The van der Waals surface area contributed by atoms with Crippen molar-refractivity contribution in [2.45, 2.75) is 12.6 Å². The first-order valence-electron chi connectivity index (χ1n) is 8.69. The summed E-state index contributed by atoms with van der Waals surface area (Å²) in [5, 5.41) is 12.0. The Hall–Kier alpha value is -3.47. The Morgan fingerprint density at radius 3 is 2.55 bits per heavy atom. The average molecular weight is 403 g/mol. The smallest absolute Gasteiger partial charge is 0.396 e. The van der Waals surface area contributed by atoms with Crippen molar-refractivity contribution in [2.24, 2.45) is 0 Å². The van der Waals surface area contributed by atoms with Crippen LogP contribution in [0.25, 0.3) is 27.9 Å². The normalized spacial score (nSPS) is 12.0. The second-order valence-corrected chi connectivity index (χ2v) is 6.30. The number of halogens is 3. The summed E-state index contributed by atoms with van der Waals surface area (Å²) in [6, 6.07) is 3.36. The largest absolute Gasteiger partial charge is 0.416 e. The number of hydrogen-bond acceptors (Lipinski definition) is 7. The number of nitrogens with zero attached hydrogens (tertiary/aromatic N) is 5. The van der Waals surface area contributed by atoms with Crippen molar-refractivity contribution in [1.29, 1.82) is 0 Å². The maximum atomic E-state index is 13.2. The Morgan fingerprint density at radius 1 is 1.10 bits per heavy atom. The van der Waals surface area contributed by atoms with Gasteiger partial charge in [0.25, 0.3) is 0 Å². The minimum absolute atomic E-state index is 0.0302. The van der Waals surface area contributed by atoms with E-state index < -0.39 is 11.7 Å². The summed E-state index contributed by atoms with van der Waals surface area (Å²) < 4.78 is 41.2. The molecule has 4 N–H and O–H groups in total. The molecule has 4 aromatic rings. The molecule has 150 valence electrons. The van der Waals surface area contributed by atoms with Crippen molar-refractivity contribution in [1.82, 2.24) is 24.3 Å². The molecule has 0 bridgehead atoms. The number of imidazole rings is 1. The van der Waals surface area contributed by atoms with Gasteiger partial charge in [-0.15, -0.1) is 0 Å². The van der Waals surface area contributed by atoms with Gasteiger partial charge in [-0.05, 0) is 24.6 Å². The Labute approximate surface area is 162 Å². The first kappa shape index (κ1) is 18.9. The van der Waals surface area contributed by atoms with Crippen LogP contribution in [-0.2, 0) is 6.18 Å². The molecule has 0 spiro atoms. The molecule has 3 heterocycles. The van der Waals surface area contributed by atoms with Gasteiger partial charge in [0.1, 0.15) is 0 Å². The zero-order chi connectivity index (χ0) is 20.6. The maximum Gasteiger partial charge on any atom is 0.416 e. The van der Waals surface area contributed by atoms with E-state index in [1.165, 1.54) is 18.5 Å². The summed E-state index contributed by atoms with van der Waals surface area (Å²) in [4.78, 5) is 16.7. The number of rotatable bonds is 5. The van der Waals surface area contributed by atoms with E-state index in [9.17, 15) is 13.2 Å². The van der Waals surface area contributed by atoms with Crippen molar-refractivity contribution < 1.29 is 18.3 Å². The third-order valence-corrected chi connectivity index (χ3v) is 4.34. The molecular weight excluding hydrogens is 387 g/mol. The topological polar surface area (TPSA) is 114 Å². The highest BCUT2D eigenvalue weighted by Gasteiger charge is 2.31. The van der Waals surface area contributed by atoms with Gasteiger partial charge in [0.2, 0.25) is 5.95 Å². The van der Waals surface area contributed by atoms with Crippen LogP contribution in [0.1, 0.15) is 12.0 Å².